The summed E-state index contributed by atoms with van der Waals surface area (Å²) in [7, 11) is 1.26. The van der Waals surface area contributed by atoms with E-state index in [0.717, 1.165) is 15.2 Å². The van der Waals surface area contributed by atoms with Gasteiger partial charge in [0.1, 0.15) is 6.54 Å². The Labute approximate surface area is 175 Å². The Morgan fingerprint density at radius 3 is 2.75 bits per heavy atom. The summed E-state index contributed by atoms with van der Waals surface area (Å²) in [6.45, 7) is -0.146. The Balaban J connectivity index is 2.17. The molecule has 0 aliphatic heterocycles. The number of thiazole rings is 1. The molecule has 11 heteroatoms. The van der Waals surface area contributed by atoms with Gasteiger partial charge in [0.25, 0.3) is 11.6 Å². The fourth-order valence-electron chi connectivity index (χ4n) is 2.42. The maximum Gasteiger partial charge on any atom is 0.325 e. The van der Waals surface area contributed by atoms with Gasteiger partial charge in [0.05, 0.1) is 32.8 Å². The number of non-ortho nitro benzene ring substituents is 1. The zero-order valence-electron chi connectivity index (χ0n) is 14.2. The Morgan fingerprint density at radius 2 is 2.07 bits per heavy atom. The maximum absolute atomic E-state index is 12.7. The minimum atomic E-state index is -0.752. The molecule has 1 amide bonds. The number of nitro groups is 1. The number of halogens is 2. The zero-order valence-corrected chi connectivity index (χ0v) is 17.4. The molecule has 8 nitrogen and oxygen atoms in total. The van der Waals surface area contributed by atoms with Crippen LogP contribution in [0.3, 0.4) is 0 Å². The Bertz CT molecular complexity index is 1190. The van der Waals surface area contributed by atoms with Crippen LogP contribution in [0.1, 0.15) is 10.4 Å². The lowest BCUT2D eigenvalue weighted by Gasteiger charge is -2.04. The van der Waals surface area contributed by atoms with Crippen molar-refractivity contribution in [3.05, 3.63) is 66.4 Å². The summed E-state index contributed by atoms with van der Waals surface area (Å²) in [5.41, 5.74) is 0.320. The summed E-state index contributed by atoms with van der Waals surface area (Å²) < 4.78 is 7.87. The lowest BCUT2D eigenvalue weighted by Crippen LogP contribution is -2.22. The van der Waals surface area contributed by atoms with Gasteiger partial charge in [0.2, 0.25) is 0 Å². The van der Waals surface area contributed by atoms with E-state index in [2.05, 4.69) is 20.9 Å². The number of hydrogen-bond donors (Lipinski definition) is 0. The van der Waals surface area contributed by atoms with Crippen molar-refractivity contribution in [3.63, 3.8) is 0 Å². The number of carbonyl (C=O) groups is 2. The first kappa shape index (κ1) is 20.2. The van der Waals surface area contributed by atoms with Gasteiger partial charge in [-0.15, -0.1) is 0 Å². The Morgan fingerprint density at radius 1 is 1.32 bits per heavy atom. The standard InChI is InChI=1S/C17H11BrClN3O5S/c1-27-15(23)8-21-13-5-2-9(18)6-14(13)28-17(21)20-16(24)11-7-10(22(25)26)3-4-12(11)19/h2-7H,8H2,1H3. The molecule has 3 aromatic rings. The van der Waals surface area contributed by atoms with Gasteiger partial charge >= 0.3 is 5.97 Å². The van der Waals surface area contributed by atoms with Gasteiger partial charge < -0.3 is 9.30 Å². The topological polar surface area (TPSA) is 104 Å². The molecule has 0 atom stereocenters. The van der Waals surface area contributed by atoms with E-state index in [0.29, 0.717) is 5.52 Å². The third kappa shape index (κ3) is 4.13. The van der Waals surface area contributed by atoms with Crippen LogP contribution in [0.5, 0.6) is 0 Å². The van der Waals surface area contributed by atoms with E-state index in [4.69, 9.17) is 16.3 Å². The summed E-state index contributed by atoms with van der Waals surface area (Å²) in [5.74, 6) is -1.26. The number of esters is 1. The van der Waals surface area contributed by atoms with Crippen LogP contribution in [0.15, 0.2) is 45.9 Å². The number of methoxy groups -OCH3 is 1. The third-order valence-electron chi connectivity index (χ3n) is 3.75. The first-order valence-corrected chi connectivity index (χ1v) is 9.67. The van der Waals surface area contributed by atoms with Gasteiger partial charge in [-0.25, -0.2) is 0 Å². The van der Waals surface area contributed by atoms with Gasteiger partial charge in [0.15, 0.2) is 4.80 Å². The van der Waals surface area contributed by atoms with Gasteiger partial charge in [-0.1, -0.05) is 38.9 Å². The number of benzene rings is 2. The highest BCUT2D eigenvalue weighted by atomic mass is 79.9. The average Bonchev–Trinajstić information content (AvgIpc) is 2.97. The van der Waals surface area contributed by atoms with Crippen LogP contribution < -0.4 is 4.80 Å². The Kier molecular flexibility index (Phi) is 5.92. The minimum Gasteiger partial charge on any atom is -0.468 e. The lowest BCUT2D eigenvalue weighted by atomic mass is 10.2. The van der Waals surface area contributed by atoms with E-state index in [9.17, 15) is 19.7 Å². The van der Waals surface area contributed by atoms with Crippen LogP contribution in [0.2, 0.25) is 5.02 Å². The van der Waals surface area contributed by atoms with Crippen LogP contribution in [-0.2, 0) is 16.1 Å². The van der Waals surface area contributed by atoms with E-state index in [1.807, 2.05) is 6.07 Å². The van der Waals surface area contributed by atoms with Crippen molar-refractivity contribution < 1.29 is 19.2 Å². The number of nitro benzene ring substituents is 1. The normalized spacial score (nSPS) is 11.6. The zero-order chi connectivity index (χ0) is 20.4. The molecule has 28 heavy (non-hydrogen) atoms. The van der Waals surface area contributed by atoms with Crippen molar-refractivity contribution in [2.24, 2.45) is 4.99 Å². The number of aromatic nitrogens is 1. The molecular weight excluding hydrogens is 474 g/mol. The van der Waals surface area contributed by atoms with E-state index in [1.165, 1.54) is 30.6 Å². The van der Waals surface area contributed by atoms with Crippen molar-refractivity contribution in [2.75, 3.05) is 7.11 Å². The molecule has 0 aliphatic carbocycles. The minimum absolute atomic E-state index is 0.0442. The van der Waals surface area contributed by atoms with Gasteiger partial charge in [0, 0.05) is 16.6 Å². The van der Waals surface area contributed by atoms with Crippen molar-refractivity contribution in [2.45, 2.75) is 6.54 Å². The van der Waals surface area contributed by atoms with Crippen LogP contribution in [-0.4, -0.2) is 28.5 Å². The molecule has 0 fully saturated rings. The molecule has 0 saturated carbocycles. The molecule has 1 heterocycles. The highest BCUT2D eigenvalue weighted by molar-refractivity contribution is 9.10. The molecule has 0 N–H and O–H groups in total. The van der Waals surface area contributed by atoms with E-state index in [1.54, 1.807) is 16.7 Å². The lowest BCUT2D eigenvalue weighted by molar-refractivity contribution is -0.384. The van der Waals surface area contributed by atoms with Gasteiger partial charge in [-0.2, -0.15) is 4.99 Å². The predicted molar refractivity (Wildman–Crippen MR) is 108 cm³/mol. The van der Waals surface area contributed by atoms with E-state index < -0.39 is 16.8 Å². The molecule has 1 aromatic heterocycles. The number of rotatable bonds is 4. The molecule has 144 valence electrons. The fraction of sp³-hybridized carbons (Fsp3) is 0.118. The maximum atomic E-state index is 12.7. The van der Waals surface area contributed by atoms with E-state index >= 15 is 0 Å². The third-order valence-corrected chi connectivity index (χ3v) is 5.61. The number of nitrogens with zero attached hydrogens (tertiary/aromatic N) is 3. The SMILES string of the molecule is COC(=O)Cn1c(=NC(=O)c2cc([N+](=O)[O-])ccc2Cl)sc2cc(Br)ccc21. The van der Waals surface area contributed by atoms with E-state index in [-0.39, 0.29) is 27.6 Å². The molecule has 0 saturated heterocycles. The summed E-state index contributed by atoms with van der Waals surface area (Å²) in [4.78, 5) is 39.1. The van der Waals surface area contributed by atoms with Crippen LogP contribution in [0.4, 0.5) is 5.69 Å². The fourth-order valence-corrected chi connectivity index (χ4v) is 4.19. The van der Waals surface area contributed by atoms with Crippen molar-refractivity contribution in [1.82, 2.24) is 4.57 Å². The molecule has 2 aromatic carbocycles. The number of fused-ring (bicyclic) bond motifs is 1. The monoisotopic (exact) mass is 483 g/mol. The summed E-state index contributed by atoms with van der Waals surface area (Å²) in [5, 5.41) is 11.0. The highest BCUT2D eigenvalue weighted by Crippen LogP contribution is 2.24. The highest BCUT2D eigenvalue weighted by Gasteiger charge is 2.17. The predicted octanol–water partition coefficient (Wildman–Crippen LogP) is 3.94. The molecule has 0 spiro atoms. The molecular formula is C17H11BrClN3O5S. The van der Waals surface area contributed by atoms with Crippen molar-refractivity contribution in [3.8, 4) is 0 Å². The van der Waals surface area contributed by atoms with Crippen LogP contribution in [0.25, 0.3) is 10.2 Å². The Hall–Kier alpha value is -2.56. The number of hydrogen-bond acceptors (Lipinski definition) is 6. The number of carbonyl (C=O) groups excluding carboxylic acids is 2. The largest absolute Gasteiger partial charge is 0.468 e. The van der Waals surface area contributed by atoms with Crippen LogP contribution >= 0.6 is 38.9 Å². The molecule has 0 unspecified atom stereocenters. The molecule has 0 aliphatic rings. The van der Waals surface area contributed by atoms with Crippen molar-refractivity contribution in [1.29, 1.82) is 0 Å². The smallest absolute Gasteiger partial charge is 0.325 e. The quantitative estimate of drug-likeness (QED) is 0.317. The van der Waals surface area contributed by atoms with Crippen molar-refractivity contribution >= 4 is 66.6 Å². The average molecular weight is 485 g/mol. The number of amides is 1. The number of ether oxygens (including phenoxy) is 1. The summed E-state index contributed by atoms with van der Waals surface area (Å²) >= 11 is 10.6. The first-order chi connectivity index (χ1) is 13.3. The second kappa shape index (κ2) is 8.21. The van der Waals surface area contributed by atoms with Crippen LogP contribution in [0, 0.1) is 10.1 Å². The summed E-state index contributed by atoms with van der Waals surface area (Å²) in [6, 6.07) is 8.95. The molecule has 0 radical (unpaired) electrons. The van der Waals surface area contributed by atoms with Gasteiger partial charge in [-0.3, -0.25) is 19.7 Å². The molecule has 0 bridgehead atoms. The molecule has 3 rings (SSSR count). The second-order valence-electron chi connectivity index (χ2n) is 5.50. The first-order valence-electron chi connectivity index (χ1n) is 7.69. The van der Waals surface area contributed by atoms with Gasteiger partial charge in [-0.05, 0) is 24.3 Å². The summed E-state index contributed by atoms with van der Waals surface area (Å²) in [6.07, 6.45) is 0. The second-order valence-corrected chi connectivity index (χ2v) is 7.83.